The van der Waals surface area contributed by atoms with E-state index in [1.165, 1.54) is 24.2 Å². The zero-order valence-electron chi connectivity index (χ0n) is 10.4. The van der Waals surface area contributed by atoms with Crippen molar-refractivity contribution in [3.05, 3.63) is 29.6 Å². The summed E-state index contributed by atoms with van der Waals surface area (Å²) >= 11 is 1.45. The van der Waals surface area contributed by atoms with Crippen LogP contribution in [0.1, 0.15) is 19.3 Å². The molecular weight excluding hydrogens is 258 g/mol. The van der Waals surface area contributed by atoms with Crippen molar-refractivity contribution in [3.63, 3.8) is 0 Å². The van der Waals surface area contributed by atoms with Gasteiger partial charge in [-0.2, -0.15) is 0 Å². The van der Waals surface area contributed by atoms with Gasteiger partial charge >= 0.3 is 0 Å². The Hall–Kier alpha value is -1.88. The van der Waals surface area contributed by atoms with Crippen LogP contribution in [-0.4, -0.2) is 10.9 Å². The molecule has 1 aromatic heterocycles. The maximum atomic E-state index is 11.7. The first-order valence-corrected chi connectivity index (χ1v) is 7.20. The van der Waals surface area contributed by atoms with Crippen LogP contribution in [0.2, 0.25) is 0 Å². The Morgan fingerprint density at radius 2 is 2.11 bits per heavy atom. The van der Waals surface area contributed by atoms with Crippen LogP contribution in [0.5, 0.6) is 0 Å². The number of benzene rings is 1. The molecule has 4 nitrogen and oxygen atoms in total. The third kappa shape index (κ3) is 3.12. The van der Waals surface area contributed by atoms with Gasteiger partial charge in [-0.15, -0.1) is 11.3 Å². The molecule has 2 aromatic rings. The highest BCUT2D eigenvalue weighted by Crippen LogP contribution is 2.33. The Balaban J connectivity index is 1.68. The van der Waals surface area contributed by atoms with E-state index in [0.29, 0.717) is 17.5 Å². The van der Waals surface area contributed by atoms with Gasteiger partial charge in [-0.3, -0.25) is 4.79 Å². The Morgan fingerprint density at radius 3 is 2.79 bits per heavy atom. The van der Waals surface area contributed by atoms with E-state index in [2.05, 4.69) is 10.3 Å². The normalized spacial score (nSPS) is 14.3. The molecule has 3 N–H and O–H groups in total. The first-order chi connectivity index (χ1) is 9.20. The highest BCUT2D eigenvalue weighted by molar-refractivity contribution is 7.14. The van der Waals surface area contributed by atoms with Crippen molar-refractivity contribution in [2.75, 3.05) is 11.1 Å². The van der Waals surface area contributed by atoms with Gasteiger partial charge in [0.05, 0.1) is 5.69 Å². The number of nitrogens with zero attached hydrogens (tertiary/aromatic N) is 1. The number of rotatable bonds is 4. The van der Waals surface area contributed by atoms with Crippen LogP contribution in [0.15, 0.2) is 29.6 Å². The molecule has 0 bridgehead atoms. The van der Waals surface area contributed by atoms with Gasteiger partial charge in [0.15, 0.2) is 5.13 Å². The lowest BCUT2D eigenvalue weighted by Crippen LogP contribution is -2.11. The third-order valence-electron chi connectivity index (χ3n) is 3.13. The predicted molar refractivity (Wildman–Crippen MR) is 77.9 cm³/mol. The first kappa shape index (κ1) is 12.2. The number of hydrogen-bond donors (Lipinski definition) is 2. The monoisotopic (exact) mass is 273 g/mol. The minimum Gasteiger partial charge on any atom is -0.399 e. The largest absolute Gasteiger partial charge is 0.399 e. The molecule has 1 aliphatic carbocycles. The van der Waals surface area contributed by atoms with Gasteiger partial charge in [-0.1, -0.05) is 12.1 Å². The summed E-state index contributed by atoms with van der Waals surface area (Å²) < 4.78 is 0. The maximum absolute atomic E-state index is 11.7. The highest BCUT2D eigenvalue weighted by Gasteiger charge is 2.24. The van der Waals surface area contributed by atoms with Crippen molar-refractivity contribution in [2.24, 2.45) is 5.92 Å². The fraction of sp³-hybridized carbons (Fsp3) is 0.286. The Kier molecular flexibility index (Phi) is 3.21. The Labute approximate surface area is 115 Å². The van der Waals surface area contributed by atoms with E-state index >= 15 is 0 Å². The van der Waals surface area contributed by atoms with Crippen molar-refractivity contribution in [3.8, 4) is 11.3 Å². The topological polar surface area (TPSA) is 68.0 Å². The van der Waals surface area contributed by atoms with Crippen LogP contribution in [0.25, 0.3) is 11.3 Å². The molecule has 0 atom stereocenters. The van der Waals surface area contributed by atoms with E-state index in [-0.39, 0.29) is 5.91 Å². The van der Waals surface area contributed by atoms with E-state index in [4.69, 9.17) is 5.73 Å². The summed E-state index contributed by atoms with van der Waals surface area (Å²) in [5.41, 5.74) is 8.26. The van der Waals surface area contributed by atoms with E-state index in [1.807, 2.05) is 29.6 Å². The van der Waals surface area contributed by atoms with Gasteiger partial charge in [0.1, 0.15) is 0 Å². The molecule has 1 heterocycles. The van der Waals surface area contributed by atoms with Crippen LogP contribution in [0, 0.1) is 5.92 Å². The molecule has 0 spiro atoms. The van der Waals surface area contributed by atoms with E-state index in [1.54, 1.807) is 0 Å². The molecule has 0 unspecified atom stereocenters. The van der Waals surface area contributed by atoms with Gasteiger partial charge in [-0.25, -0.2) is 4.98 Å². The zero-order chi connectivity index (χ0) is 13.2. The van der Waals surface area contributed by atoms with Crippen molar-refractivity contribution in [1.82, 2.24) is 4.98 Å². The summed E-state index contributed by atoms with van der Waals surface area (Å²) in [5, 5.41) is 5.47. The molecule has 1 saturated carbocycles. The molecule has 1 amide bonds. The molecular formula is C14H15N3OS. The molecule has 1 aliphatic rings. The lowest BCUT2D eigenvalue weighted by Gasteiger charge is -2.00. The predicted octanol–water partition coefficient (Wildman–Crippen LogP) is 3.13. The molecule has 1 aromatic carbocycles. The van der Waals surface area contributed by atoms with E-state index in [9.17, 15) is 4.79 Å². The lowest BCUT2D eigenvalue weighted by atomic mass is 10.1. The summed E-state index contributed by atoms with van der Waals surface area (Å²) in [7, 11) is 0. The SMILES string of the molecule is Nc1ccc(-c2csc(NC(=O)CC3CC3)n2)cc1. The standard InChI is InChI=1S/C14H15N3OS/c15-11-5-3-10(4-6-11)12-8-19-14(16-12)17-13(18)7-9-1-2-9/h3-6,8-9H,1-2,7,15H2,(H,16,17,18). The number of carbonyl (C=O) groups is 1. The van der Waals surface area contributed by atoms with Gasteiger partial charge < -0.3 is 11.1 Å². The van der Waals surface area contributed by atoms with Gasteiger partial charge in [0.2, 0.25) is 5.91 Å². The quantitative estimate of drug-likeness (QED) is 0.841. The molecule has 19 heavy (non-hydrogen) atoms. The second kappa shape index (κ2) is 5.01. The summed E-state index contributed by atoms with van der Waals surface area (Å²) in [4.78, 5) is 16.1. The fourth-order valence-electron chi connectivity index (χ4n) is 1.87. The van der Waals surface area contributed by atoms with Crippen LogP contribution >= 0.6 is 11.3 Å². The van der Waals surface area contributed by atoms with Crippen LogP contribution in [0.3, 0.4) is 0 Å². The second-order valence-corrected chi connectivity index (χ2v) is 5.71. The Bertz CT molecular complexity index is 587. The molecule has 98 valence electrons. The first-order valence-electron chi connectivity index (χ1n) is 6.32. The van der Waals surface area contributed by atoms with Crippen LogP contribution in [-0.2, 0) is 4.79 Å². The van der Waals surface area contributed by atoms with Gasteiger partial charge in [-0.05, 0) is 30.9 Å². The number of nitrogen functional groups attached to an aromatic ring is 1. The summed E-state index contributed by atoms with van der Waals surface area (Å²) in [6.07, 6.45) is 2.99. The van der Waals surface area contributed by atoms with Gasteiger partial charge in [0.25, 0.3) is 0 Å². The molecule has 3 rings (SSSR count). The summed E-state index contributed by atoms with van der Waals surface area (Å²) in [6, 6.07) is 7.56. The lowest BCUT2D eigenvalue weighted by molar-refractivity contribution is -0.116. The van der Waals surface area contributed by atoms with Gasteiger partial charge in [0, 0.05) is 23.1 Å². The Morgan fingerprint density at radius 1 is 1.37 bits per heavy atom. The van der Waals surface area contributed by atoms with Crippen molar-refractivity contribution in [1.29, 1.82) is 0 Å². The number of hydrogen-bond acceptors (Lipinski definition) is 4. The molecule has 1 fully saturated rings. The smallest absolute Gasteiger partial charge is 0.226 e. The maximum Gasteiger partial charge on any atom is 0.226 e. The van der Waals surface area contributed by atoms with Crippen molar-refractivity contribution >= 4 is 28.1 Å². The highest BCUT2D eigenvalue weighted by atomic mass is 32.1. The van der Waals surface area contributed by atoms with Crippen LogP contribution < -0.4 is 11.1 Å². The van der Waals surface area contributed by atoms with E-state index < -0.39 is 0 Å². The number of thiazole rings is 1. The number of anilines is 2. The average molecular weight is 273 g/mol. The van der Waals surface area contributed by atoms with E-state index in [0.717, 1.165) is 16.9 Å². The molecule has 0 aliphatic heterocycles. The number of nitrogens with two attached hydrogens (primary N) is 1. The fourth-order valence-corrected chi connectivity index (χ4v) is 2.61. The average Bonchev–Trinajstić information content (AvgIpc) is 3.07. The third-order valence-corrected chi connectivity index (χ3v) is 3.89. The summed E-state index contributed by atoms with van der Waals surface area (Å²) in [5.74, 6) is 0.664. The van der Waals surface area contributed by atoms with Crippen molar-refractivity contribution in [2.45, 2.75) is 19.3 Å². The second-order valence-electron chi connectivity index (χ2n) is 4.86. The minimum absolute atomic E-state index is 0.0701. The van der Waals surface area contributed by atoms with Crippen LogP contribution in [0.4, 0.5) is 10.8 Å². The number of carbonyl (C=O) groups excluding carboxylic acids is 1. The molecule has 0 radical (unpaired) electrons. The summed E-state index contributed by atoms with van der Waals surface area (Å²) in [6.45, 7) is 0. The molecule has 0 saturated heterocycles. The number of nitrogens with one attached hydrogen (secondary N) is 1. The zero-order valence-corrected chi connectivity index (χ0v) is 11.2. The number of amides is 1. The number of aromatic nitrogens is 1. The van der Waals surface area contributed by atoms with Crippen molar-refractivity contribution < 1.29 is 4.79 Å². The minimum atomic E-state index is 0.0701. The molecule has 5 heteroatoms.